The van der Waals surface area contributed by atoms with Gasteiger partial charge in [-0.15, -0.1) is 0 Å². The van der Waals surface area contributed by atoms with Crippen molar-refractivity contribution < 1.29 is 4.79 Å². The Morgan fingerprint density at radius 1 is 1.20 bits per heavy atom. The number of carbonyl (C=O) groups is 1. The zero-order valence-corrected chi connectivity index (χ0v) is 10.1. The largest absolute Gasteiger partial charge is 0.285 e. The molecule has 0 heterocycles. The molecule has 0 fully saturated rings. The van der Waals surface area contributed by atoms with E-state index in [9.17, 15) is 4.79 Å². The molecule has 0 N–H and O–H groups in total. The average molecular weight is 265 g/mol. The summed E-state index contributed by atoms with van der Waals surface area (Å²) in [5.41, 5.74) is 0.895. The molecule has 0 spiro atoms. The fourth-order valence-electron chi connectivity index (χ4n) is 1.11. The van der Waals surface area contributed by atoms with Crippen LogP contribution in [-0.2, 0) is 4.79 Å². The van der Waals surface area contributed by atoms with Crippen LogP contribution in [0.5, 0.6) is 0 Å². The fourth-order valence-corrected chi connectivity index (χ4v) is 1.50. The van der Waals surface area contributed by atoms with Gasteiger partial charge in [-0.25, -0.2) is 0 Å². The number of unbranched alkanes of at least 4 members (excludes halogenated alkanes) is 1. The van der Waals surface area contributed by atoms with Crippen molar-refractivity contribution in [3.8, 4) is 11.8 Å². The molecule has 0 saturated carbocycles. The maximum absolute atomic E-state index is 11.3. The summed E-state index contributed by atoms with van der Waals surface area (Å²) in [7, 11) is 0. The van der Waals surface area contributed by atoms with Gasteiger partial charge in [-0.1, -0.05) is 40.0 Å². The van der Waals surface area contributed by atoms with Crippen molar-refractivity contribution in [1.29, 1.82) is 0 Å². The predicted octanol–water partition coefficient (Wildman–Crippen LogP) is 3.17. The number of hydrogen-bond acceptors (Lipinski definition) is 1. The molecule has 0 unspecified atom stereocenters. The molecule has 0 radical (unpaired) electrons. The quantitative estimate of drug-likeness (QED) is 0.464. The number of Topliss-reactive ketones (excluding diaryl/α,β-unsaturated/α-hetero) is 1. The first-order chi connectivity index (χ1) is 7.33. The van der Waals surface area contributed by atoms with Crippen LogP contribution >= 0.6 is 15.9 Å². The van der Waals surface area contributed by atoms with Crippen LogP contribution in [0.2, 0.25) is 0 Å². The van der Waals surface area contributed by atoms with Crippen molar-refractivity contribution in [2.75, 3.05) is 5.33 Å². The van der Waals surface area contributed by atoms with Gasteiger partial charge in [0.15, 0.2) is 0 Å². The van der Waals surface area contributed by atoms with Crippen LogP contribution in [0.15, 0.2) is 30.3 Å². The number of rotatable bonds is 4. The number of hydrogen-bond donors (Lipinski definition) is 0. The van der Waals surface area contributed by atoms with E-state index in [1.54, 1.807) is 0 Å². The van der Waals surface area contributed by atoms with Crippen molar-refractivity contribution in [1.82, 2.24) is 0 Å². The molecule has 0 atom stereocenters. The highest BCUT2D eigenvalue weighted by Gasteiger charge is 1.95. The smallest absolute Gasteiger partial charge is 0.205 e. The topological polar surface area (TPSA) is 17.1 Å². The van der Waals surface area contributed by atoms with Crippen molar-refractivity contribution >= 4 is 21.7 Å². The molecule has 15 heavy (non-hydrogen) atoms. The molecule has 2 heteroatoms. The number of ketones is 1. The molecule has 0 aliphatic rings. The summed E-state index contributed by atoms with van der Waals surface area (Å²) in [5.74, 6) is 5.54. The van der Waals surface area contributed by atoms with E-state index in [2.05, 4.69) is 27.8 Å². The minimum atomic E-state index is 0.0276. The monoisotopic (exact) mass is 264 g/mol. The summed E-state index contributed by atoms with van der Waals surface area (Å²) in [6.07, 6.45) is 2.50. The lowest BCUT2D eigenvalue weighted by Gasteiger charge is -1.91. The second-order valence-electron chi connectivity index (χ2n) is 3.19. The fraction of sp³-hybridized carbons (Fsp3) is 0.308. The molecule has 0 aliphatic heterocycles. The minimum Gasteiger partial charge on any atom is -0.285 e. The van der Waals surface area contributed by atoms with Crippen LogP contribution in [0.4, 0.5) is 0 Å². The molecule has 0 amide bonds. The normalized spacial score (nSPS) is 9.13. The van der Waals surface area contributed by atoms with E-state index >= 15 is 0 Å². The molecule has 0 bridgehead atoms. The lowest BCUT2D eigenvalue weighted by atomic mass is 10.1. The van der Waals surface area contributed by atoms with Gasteiger partial charge in [0.1, 0.15) is 0 Å². The first-order valence-electron chi connectivity index (χ1n) is 4.99. The lowest BCUT2D eigenvalue weighted by Crippen LogP contribution is -1.93. The molecule has 1 aromatic carbocycles. The summed E-state index contributed by atoms with van der Waals surface area (Å²) < 4.78 is 0. The maximum Gasteiger partial charge on any atom is 0.205 e. The predicted molar refractivity (Wildman–Crippen MR) is 66.0 cm³/mol. The zero-order chi connectivity index (χ0) is 10.9. The highest BCUT2D eigenvalue weighted by Crippen LogP contribution is 1.99. The SMILES string of the molecule is O=C(C#Cc1ccccc1)CCCCBr. The van der Waals surface area contributed by atoms with E-state index < -0.39 is 0 Å². The number of benzene rings is 1. The number of halogens is 1. The van der Waals surface area contributed by atoms with Crippen LogP contribution in [0.3, 0.4) is 0 Å². The highest BCUT2D eigenvalue weighted by atomic mass is 79.9. The Morgan fingerprint density at radius 2 is 1.93 bits per heavy atom. The third kappa shape index (κ3) is 5.39. The van der Waals surface area contributed by atoms with Gasteiger partial charge in [0.25, 0.3) is 0 Å². The Morgan fingerprint density at radius 3 is 2.60 bits per heavy atom. The number of carbonyl (C=O) groups excluding carboxylic acids is 1. The molecular formula is C13H13BrO. The third-order valence-corrected chi connectivity index (χ3v) is 2.47. The van der Waals surface area contributed by atoms with Crippen LogP contribution < -0.4 is 0 Å². The second-order valence-corrected chi connectivity index (χ2v) is 3.98. The summed E-state index contributed by atoms with van der Waals surface area (Å²) in [6.45, 7) is 0. The van der Waals surface area contributed by atoms with Crippen molar-refractivity contribution in [2.45, 2.75) is 19.3 Å². The summed E-state index contributed by atoms with van der Waals surface area (Å²) >= 11 is 3.33. The van der Waals surface area contributed by atoms with Gasteiger partial charge in [-0.05, 0) is 30.9 Å². The molecular weight excluding hydrogens is 252 g/mol. The first-order valence-corrected chi connectivity index (χ1v) is 6.11. The van der Waals surface area contributed by atoms with E-state index in [1.165, 1.54) is 0 Å². The first kappa shape index (κ1) is 12.0. The van der Waals surface area contributed by atoms with Gasteiger partial charge in [0, 0.05) is 17.3 Å². The Labute approximate surface area is 99.0 Å². The molecule has 1 aromatic rings. The lowest BCUT2D eigenvalue weighted by molar-refractivity contribution is -0.113. The number of alkyl halides is 1. The van der Waals surface area contributed by atoms with Gasteiger partial charge >= 0.3 is 0 Å². The van der Waals surface area contributed by atoms with Crippen molar-refractivity contribution in [3.63, 3.8) is 0 Å². The summed E-state index contributed by atoms with van der Waals surface area (Å²) in [4.78, 5) is 11.3. The van der Waals surface area contributed by atoms with E-state index in [0.717, 1.165) is 23.7 Å². The molecule has 0 saturated heterocycles. The minimum absolute atomic E-state index is 0.0276. The average Bonchev–Trinajstić information content (AvgIpc) is 2.28. The van der Waals surface area contributed by atoms with Gasteiger partial charge in [0.05, 0.1) is 0 Å². The summed E-state index contributed by atoms with van der Waals surface area (Å²) in [5, 5.41) is 0.951. The van der Waals surface area contributed by atoms with Crippen LogP contribution in [0, 0.1) is 11.8 Å². The Balaban J connectivity index is 2.41. The van der Waals surface area contributed by atoms with Gasteiger partial charge in [-0.3, -0.25) is 4.79 Å². The highest BCUT2D eigenvalue weighted by molar-refractivity contribution is 9.09. The van der Waals surface area contributed by atoms with Crippen molar-refractivity contribution in [2.24, 2.45) is 0 Å². The molecule has 0 aromatic heterocycles. The molecule has 78 valence electrons. The van der Waals surface area contributed by atoms with Gasteiger partial charge in [0.2, 0.25) is 5.78 Å². The maximum atomic E-state index is 11.3. The Bertz CT molecular complexity index is 359. The van der Waals surface area contributed by atoms with Gasteiger partial charge in [-0.2, -0.15) is 0 Å². The molecule has 1 nitrogen and oxygen atoms in total. The Kier molecular flexibility index (Phi) is 5.80. The van der Waals surface area contributed by atoms with Crippen LogP contribution in [0.25, 0.3) is 0 Å². The van der Waals surface area contributed by atoms with Crippen LogP contribution in [0.1, 0.15) is 24.8 Å². The van der Waals surface area contributed by atoms with E-state index in [0.29, 0.717) is 6.42 Å². The molecule has 1 rings (SSSR count). The van der Waals surface area contributed by atoms with E-state index in [-0.39, 0.29) is 5.78 Å². The van der Waals surface area contributed by atoms with Crippen LogP contribution in [-0.4, -0.2) is 11.1 Å². The zero-order valence-electron chi connectivity index (χ0n) is 8.50. The molecule has 0 aliphatic carbocycles. The van der Waals surface area contributed by atoms with Gasteiger partial charge < -0.3 is 0 Å². The van der Waals surface area contributed by atoms with Crippen molar-refractivity contribution in [3.05, 3.63) is 35.9 Å². The summed E-state index contributed by atoms with van der Waals surface area (Å²) in [6, 6.07) is 9.57. The van der Waals surface area contributed by atoms with E-state index in [1.807, 2.05) is 30.3 Å². The Hall–Kier alpha value is -1.07. The van der Waals surface area contributed by atoms with E-state index in [4.69, 9.17) is 0 Å². The second kappa shape index (κ2) is 7.25. The standard InChI is InChI=1S/C13H13BrO/c14-11-5-4-8-13(15)10-9-12-6-2-1-3-7-12/h1-3,6-7H,4-5,8,11H2. The third-order valence-electron chi connectivity index (χ3n) is 1.91.